The third-order valence-electron chi connectivity index (χ3n) is 3.57. The molecular weight excluding hydrogens is 288 g/mol. The van der Waals surface area contributed by atoms with Crippen LogP contribution >= 0.6 is 11.3 Å². The molecule has 0 amide bonds. The van der Waals surface area contributed by atoms with Crippen molar-refractivity contribution in [2.45, 2.75) is 39.0 Å². The Hall–Kier alpha value is -1.56. The molecule has 116 valence electrons. The van der Waals surface area contributed by atoms with Gasteiger partial charge in [0, 0.05) is 12.5 Å². The van der Waals surface area contributed by atoms with Gasteiger partial charge in [-0.05, 0) is 19.3 Å². The molecule has 1 aromatic heterocycles. The average molecular weight is 310 g/mol. The van der Waals surface area contributed by atoms with Gasteiger partial charge in [0.25, 0.3) is 0 Å². The van der Waals surface area contributed by atoms with Crippen LogP contribution in [0.2, 0.25) is 0 Å². The zero-order valence-electron chi connectivity index (χ0n) is 12.5. The molecule has 1 heterocycles. The predicted octanol–water partition coefficient (Wildman–Crippen LogP) is 3.31. The SMILES string of the molecule is CCCCCNc1sc(C(=O)C2CC2)c(N)c1C(=O)OC. The number of nitrogens with two attached hydrogens (primary N) is 1. The Labute approximate surface area is 128 Å². The molecule has 0 radical (unpaired) electrons. The summed E-state index contributed by atoms with van der Waals surface area (Å²) in [7, 11) is 1.32. The number of ketones is 1. The van der Waals surface area contributed by atoms with E-state index >= 15 is 0 Å². The van der Waals surface area contributed by atoms with Crippen LogP contribution in [0.1, 0.15) is 59.1 Å². The number of unbranched alkanes of at least 4 members (excludes halogenated alkanes) is 2. The number of methoxy groups -OCH3 is 1. The Morgan fingerprint density at radius 1 is 1.38 bits per heavy atom. The lowest BCUT2D eigenvalue weighted by Crippen LogP contribution is -2.10. The van der Waals surface area contributed by atoms with Crippen molar-refractivity contribution in [2.75, 3.05) is 24.7 Å². The van der Waals surface area contributed by atoms with E-state index < -0.39 is 5.97 Å². The molecule has 21 heavy (non-hydrogen) atoms. The second-order valence-electron chi connectivity index (χ2n) is 5.31. The van der Waals surface area contributed by atoms with Gasteiger partial charge in [-0.3, -0.25) is 4.79 Å². The third-order valence-corrected chi connectivity index (χ3v) is 4.75. The maximum atomic E-state index is 12.2. The summed E-state index contributed by atoms with van der Waals surface area (Å²) >= 11 is 1.28. The number of Topliss-reactive ketones (excluding diaryl/α,β-unsaturated/α-hetero) is 1. The first-order valence-corrected chi connectivity index (χ1v) is 8.20. The zero-order chi connectivity index (χ0) is 15.4. The van der Waals surface area contributed by atoms with Gasteiger partial charge in [0.15, 0.2) is 5.78 Å². The van der Waals surface area contributed by atoms with Gasteiger partial charge in [-0.15, -0.1) is 11.3 Å². The van der Waals surface area contributed by atoms with Gasteiger partial charge < -0.3 is 15.8 Å². The molecule has 0 spiro atoms. The minimum Gasteiger partial charge on any atom is -0.465 e. The van der Waals surface area contributed by atoms with E-state index in [1.165, 1.54) is 18.4 Å². The summed E-state index contributed by atoms with van der Waals surface area (Å²) < 4.78 is 4.79. The molecule has 0 aromatic carbocycles. The summed E-state index contributed by atoms with van der Waals surface area (Å²) in [6.45, 7) is 2.89. The maximum Gasteiger partial charge on any atom is 0.343 e. The van der Waals surface area contributed by atoms with Crippen molar-refractivity contribution in [1.29, 1.82) is 0 Å². The Morgan fingerprint density at radius 3 is 2.67 bits per heavy atom. The molecule has 1 saturated carbocycles. The molecule has 2 rings (SSSR count). The molecule has 0 saturated heterocycles. The van der Waals surface area contributed by atoms with Crippen LogP contribution in [0.4, 0.5) is 10.7 Å². The van der Waals surface area contributed by atoms with E-state index in [1.807, 2.05) is 0 Å². The quantitative estimate of drug-likeness (QED) is 0.437. The molecule has 0 atom stereocenters. The summed E-state index contributed by atoms with van der Waals surface area (Å²) in [4.78, 5) is 24.6. The largest absolute Gasteiger partial charge is 0.465 e. The van der Waals surface area contributed by atoms with Gasteiger partial charge in [0.05, 0.1) is 17.7 Å². The lowest BCUT2D eigenvalue weighted by atomic mass is 10.1. The van der Waals surface area contributed by atoms with Gasteiger partial charge >= 0.3 is 5.97 Å². The fraction of sp³-hybridized carbons (Fsp3) is 0.600. The summed E-state index contributed by atoms with van der Waals surface area (Å²) in [5.74, 6) is -0.342. The van der Waals surface area contributed by atoms with Crippen molar-refractivity contribution < 1.29 is 14.3 Å². The molecule has 5 nitrogen and oxygen atoms in total. The van der Waals surface area contributed by atoms with Crippen LogP contribution in [0.25, 0.3) is 0 Å². The van der Waals surface area contributed by atoms with Crippen LogP contribution in [0.15, 0.2) is 0 Å². The van der Waals surface area contributed by atoms with Gasteiger partial charge in [-0.25, -0.2) is 4.79 Å². The number of ether oxygens (including phenoxy) is 1. The lowest BCUT2D eigenvalue weighted by Gasteiger charge is -2.06. The zero-order valence-corrected chi connectivity index (χ0v) is 13.3. The first kappa shape index (κ1) is 15.8. The predicted molar refractivity (Wildman–Crippen MR) is 85.1 cm³/mol. The summed E-state index contributed by atoms with van der Waals surface area (Å²) in [5.41, 5.74) is 6.60. The molecular formula is C15H22N2O3S. The van der Waals surface area contributed by atoms with E-state index in [4.69, 9.17) is 10.5 Å². The number of hydrogen-bond acceptors (Lipinski definition) is 6. The summed E-state index contributed by atoms with van der Waals surface area (Å²) in [6.07, 6.45) is 5.10. The molecule has 1 aliphatic rings. The van der Waals surface area contributed by atoms with Gasteiger partial charge in [-0.1, -0.05) is 19.8 Å². The molecule has 6 heteroatoms. The number of carbonyl (C=O) groups excluding carboxylic acids is 2. The summed E-state index contributed by atoms with van der Waals surface area (Å²) in [5, 5.41) is 3.88. The maximum absolute atomic E-state index is 12.2. The van der Waals surface area contributed by atoms with Crippen molar-refractivity contribution in [3.05, 3.63) is 10.4 Å². The van der Waals surface area contributed by atoms with Gasteiger partial charge in [-0.2, -0.15) is 0 Å². The minimum atomic E-state index is -0.489. The van der Waals surface area contributed by atoms with E-state index in [1.54, 1.807) is 0 Å². The van der Waals surface area contributed by atoms with Gasteiger partial charge in [0.2, 0.25) is 0 Å². The molecule has 0 bridgehead atoms. The smallest absolute Gasteiger partial charge is 0.343 e. The number of carbonyl (C=O) groups is 2. The van der Waals surface area contributed by atoms with Crippen LogP contribution in [0, 0.1) is 5.92 Å². The molecule has 0 unspecified atom stereocenters. The standard InChI is InChI=1S/C15H22N2O3S/c1-3-4-5-8-17-14-10(15(19)20-2)11(16)13(21-14)12(18)9-6-7-9/h9,17H,3-8,16H2,1-2H3. The third kappa shape index (κ3) is 3.56. The normalized spacial score (nSPS) is 14.0. The number of rotatable bonds is 8. The Bertz CT molecular complexity index is 535. The van der Waals surface area contributed by atoms with Crippen LogP contribution in [0.5, 0.6) is 0 Å². The minimum absolute atomic E-state index is 0.0595. The van der Waals surface area contributed by atoms with Gasteiger partial charge in [0.1, 0.15) is 10.6 Å². The Morgan fingerprint density at radius 2 is 2.10 bits per heavy atom. The molecule has 3 N–H and O–H groups in total. The number of nitrogen functional groups attached to an aromatic ring is 1. The number of hydrogen-bond donors (Lipinski definition) is 2. The first-order chi connectivity index (χ1) is 10.1. The van der Waals surface area contributed by atoms with Crippen molar-refractivity contribution >= 4 is 33.8 Å². The summed E-state index contributed by atoms with van der Waals surface area (Å²) in [6, 6.07) is 0. The van der Waals surface area contributed by atoms with E-state index in [9.17, 15) is 9.59 Å². The van der Waals surface area contributed by atoms with Crippen molar-refractivity contribution in [1.82, 2.24) is 0 Å². The van der Waals surface area contributed by atoms with E-state index in [0.717, 1.165) is 38.6 Å². The average Bonchev–Trinajstić information content (AvgIpc) is 3.27. The highest BCUT2D eigenvalue weighted by Crippen LogP contribution is 2.42. The number of thiophene rings is 1. The van der Waals surface area contributed by atoms with Crippen molar-refractivity contribution in [3.63, 3.8) is 0 Å². The number of nitrogens with one attached hydrogen (secondary N) is 1. The molecule has 1 aliphatic carbocycles. The van der Waals surface area contributed by atoms with Crippen molar-refractivity contribution in [3.8, 4) is 0 Å². The van der Waals surface area contributed by atoms with Crippen LogP contribution in [-0.2, 0) is 4.74 Å². The van der Waals surface area contributed by atoms with Crippen molar-refractivity contribution in [2.24, 2.45) is 5.92 Å². The second-order valence-corrected chi connectivity index (χ2v) is 6.33. The topological polar surface area (TPSA) is 81.4 Å². The Balaban J connectivity index is 2.21. The highest BCUT2D eigenvalue weighted by atomic mass is 32.1. The van der Waals surface area contributed by atoms with E-state index in [-0.39, 0.29) is 17.4 Å². The van der Waals surface area contributed by atoms with Crippen LogP contribution < -0.4 is 11.1 Å². The highest BCUT2D eigenvalue weighted by Gasteiger charge is 2.35. The van der Waals surface area contributed by atoms with Crippen LogP contribution in [0.3, 0.4) is 0 Å². The number of esters is 1. The van der Waals surface area contributed by atoms with E-state index in [2.05, 4.69) is 12.2 Å². The first-order valence-electron chi connectivity index (χ1n) is 7.38. The molecule has 0 aliphatic heterocycles. The monoisotopic (exact) mass is 310 g/mol. The molecule has 1 aromatic rings. The highest BCUT2D eigenvalue weighted by molar-refractivity contribution is 7.19. The second kappa shape index (κ2) is 6.93. The Kier molecular flexibility index (Phi) is 5.22. The van der Waals surface area contributed by atoms with Crippen LogP contribution in [-0.4, -0.2) is 25.4 Å². The fourth-order valence-corrected chi connectivity index (χ4v) is 3.32. The molecule has 1 fully saturated rings. The lowest BCUT2D eigenvalue weighted by molar-refractivity contribution is 0.0603. The number of anilines is 2. The van der Waals surface area contributed by atoms with E-state index in [0.29, 0.717) is 15.4 Å². The fourth-order valence-electron chi connectivity index (χ4n) is 2.16.